The van der Waals surface area contributed by atoms with Crippen LogP contribution < -0.4 is 10.6 Å². The number of furan rings is 1. The molecule has 1 aromatic carbocycles. The topological polar surface area (TPSA) is 84.2 Å². The van der Waals surface area contributed by atoms with Gasteiger partial charge in [0.1, 0.15) is 11.9 Å². The van der Waals surface area contributed by atoms with Crippen LogP contribution >= 0.6 is 0 Å². The van der Waals surface area contributed by atoms with Gasteiger partial charge in [0, 0.05) is 12.1 Å². The minimum atomic E-state index is -0.766. The van der Waals surface area contributed by atoms with E-state index in [1.165, 1.54) is 6.26 Å². The summed E-state index contributed by atoms with van der Waals surface area (Å²) >= 11 is 0. The first-order valence-corrected chi connectivity index (χ1v) is 8.24. The molecule has 2 heterocycles. The van der Waals surface area contributed by atoms with E-state index in [-0.39, 0.29) is 11.7 Å². The van der Waals surface area contributed by atoms with Crippen LogP contribution in [0.4, 0.5) is 5.82 Å². The Morgan fingerprint density at radius 2 is 1.85 bits per heavy atom. The molecule has 0 aliphatic carbocycles. The molecule has 2 N–H and O–H groups in total. The molecular weight excluding hydrogens is 330 g/mol. The van der Waals surface area contributed by atoms with Crippen LogP contribution in [0.15, 0.2) is 71.3 Å². The standard InChI is InChI=1S/C20H19N3O3/c1-14-7-5-11-18(21-14)23-19(24)16(13-15-8-3-2-4-9-15)22-20(25)17-10-6-12-26-17/h2-12,16H,13H2,1H3,(H,22,25)(H,21,23,24). The number of hydrogen-bond acceptors (Lipinski definition) is 4. The number of carbonyl (C=O) groups is 2. The summed E-state index contributed by atoms with van der Waals surface area (Å²) in [6.07, 6.45) is 1.77. The molecule has 3 rings (SSSR count). The van der Waals surface area contributed by atoms with Crippen LogP contribution in [0.3, 0.4) is 0 Å². The van der Waals surface area contributed by atoms with Gasteiger partial charge in [-0.15, -0.1) is 0 Å². The predicted octanol–water partition coefficient (Wildman–Crippen LogP) is 2.96. The van der Waals surface area contributed by atoms with Gasteiger partial charge in [0.15, 0.2) is 5.76 Å². The zero-order chi connectivity index (χ0) is 18.4. The first-order chi connectivity index (χ1) is 12.6. The number of nitrogens with zero attached hydrogens (tertiary/aromatic N) is 1. The summed E-state index contributed by atoms with van der Waals surface area (Å²) in [4.78, 5) is 29.3. The van der Waals surface area contributed by atoms with Crippen LogP contribution in [0.5, 0.6) is 0 Å². The second-order valence-corrected chi connectivity index (χ2v) is 5.85. The Balaban J connectivity index is 1.77. The number of amides is 2. The lowest BCUT2D eigenvalue weighted by Crippen LogP contribution is -2.45. The number of benzene rings is 1. The molecule has 0 fully saturated rings. The van der Waals surface area contributed by atoms with Crippen molar-refractivity contribution >= 4 is 17.6 Å². The number of rotatable bonds is 6. The number of carbonyl (C=O) groups excluding carboxylic acids is 2. The number of anilines is 1. The van der Waals surface area contributed by atoms with Crippen molar-refractivity contribution in [1.29, 1.82) is 0 Å². The lowest BCUT2D eigenvalue weighted by molar-refractivity contribution is -0.118. The Labute approximate surface area is 151 Å². The Morgan fingerprint density at radius 3 is 2.54 bits per heavy atom. The lowest BCUT2D eigenvalue weighted by atomic mass is 10.1. The number of hydrogen-bond donors (Lipinski definition) is 2. The van der Waals surface area contributed by atoms with Crippen molar-refractivity contribution < 1.29 is 14.0 Å². The smallest absolute Gasteiger partial charge is 0.287 e. The molecule has 1 atom stereocenters. The second-order valence-electron chi connectivity index (χ2n) is 5.85. The molecular formula is C20H19N3O3. The van der Waals surface area contributed by atoms with E-state index in [2.05, 4.69) is 15.6 Å². The summed E-state index contributed by atoms with van der Waals surface area (Å²) in [7, 11) is 0. The average molecular weight is 349 g/mol. The average Bonchev–Trinajstić information content (AvgIpc) is 3.17. The predicted molar refractivity (Wildman–Crippen MR) is 97.7 cm³/mol. The van der Waals surface area contributed by atoms with Gasteiger partial charge in [-0.25, -0.2) is 4.98 Å². The molecule has 2 aromatic heterocycles. The fraction of sp³-hybridized carbons (Fsp3) is 0.150. The maximum absolute atomic E-state index is 12.7. The van der Waals surface area contributed by atoms with Gasteiger partial charge >= 0.3 is 0 Å². The molecule has 132 valence electrons. The van der Waals surface area contributed by atoms with Crippen molar-refractivity contribution in [2.45, 2.75) is 19.4 Å². The minimum Gasteiger partial charge on any atom is -0.459 e. The molecule has 2 amide bonds. The zero-order valence-electron chi connectivity index (χ0n) is 14.3. The number of nitrogens with one attached hydrogen (secondary N) is 2. The van der Waals surface area contributed by atoms with Gasteiger partial charge in [-0.2, -0.15) is 0 Å². The van der Waals surface area contributed by atoms with Crippen LogP contribution in [-0.4, -0.2) is 22.8 Å². The Hall–Kier alpha value is -3.41. The van der Waals surface area contributed by atoms with E-state index < -0.39 is 11.9 Å². The maximum Gasteiger partial charge on any atom is 0.287 e. The fourth-order valence-electron chi connectivity index (χ4n) is 2.52. The Morgan fingerprint density at radius 1 is 1.04 bits per heavy atom. The van der Waals surface area contributed by atoms with E-state index in [0.29, 0.717) is 12.2 Å². The van der Waals surface area contributed by atoms with Crippen LogP contribution in [0, 0.1) is 6.92 Å². The first-order valence-electron chi connectivity index (χ1n) is 8.24. The molecule has 0 spiro atoms. The third-order valence-electron chi connectivity index (χ3n) is 3.79. The monoisotopic (exact) mass is 349 g/mol. The van der Waals surface area contributed by atoms with E-state index in [4.69, 9.17) is 4.42 Å². The van der Waals surface area contributed by atoms with Gasteiger partial charge < -0.3 is 15.1 Å². The molecule has 0 aliphatic heterocycles. The summed E-state index contributed by atoms with van der Waals surface area (Å²) in [6.45, 7) is 1.84. The van der Waals surface area contributed by atoms with Crippen molar-refractivity contribution in [1.82, 2.24) is 10.3 Å². The molecule has 26 heavy (non-hydrogen) atoms. The summed E-state index contributed by atoms with van der Waals surface area (Å²) in [5.74, 6) is -0.181. The second kappa shape index (κ2) is 8.11. The van der Waals surface area contributed by atoms with Crippen molar-refractivity contribution in [3.8, 4) is 0 Å². The molecule has 0 saturated carbocycles. The molecule has 6 nitrogen and oxygen atoms in total. The molecule has 0 saturated heterocycles. The third-order valence-corrected chi connectivity index (χ3v) is 3.79. The van der Waals surface area contributed by atoms with Crippen LogP contribution in [0.2, 0.25) is 0 Å². The molecule has 0 bridgehead atoms. The molecule has 0 radical (unpaired) electrons. The highest BCUT2D eigenvalue weighted by atomic mass is 16.3. The van der Waals surface area contributed by atoms with Crippen LogP contribution in [0.25, 0.3) is 0 Å². The van der Waals surface area contributed by atoms with E-state index in [1.54, 1.807) is 18.2 Å². The molecule has 1 unspecified atom stereocenters. The van der Waals surface area contributed by atoms with Crippen molar-refractivity contribution in [2.75, 3.05) is 5.32 Å². The molecule has 0 aliphatic rings. The molecule has 6 heteroatoms. The van der Waals surface area contributed by atoms with Gasteiger partial charge in [0.05, 0.1) is 6.26 Å². The van der Waals surface area contributed by atoms with Crippen molar-refractivity contribution in [2.24, 2.45) is 0 Å². The van der Waals surface area contributed by atoms with Crippen LogP contribution in [0.1, 0.15) is 21.8 Å². The lowest BCUT2D eigenvalue weighted by Gasteiger charge is -2.18. The zero-order valence-corrected chi connectivity index (χ0v) is 14.3. The molecule has 3 aromatic rings. The largest absolute Gasteiger partial charge is 0.459 e. The number of aromatic nitrogens is 1. The van der Waals surface area contributed by atoms with E-state index in [9.17, 15) is 9.59 Å². The fourth-order valence-corrected chi connectivity index (χ4v) is 2.52. The van der Waals surface area contributed by atoms with Crippen LogP contribution in [-0.2, 0) is 11.2 Å². The number of aryl methyl sites for hydroxylation is 1. The maximum atomic E-state index is 12.7. The first kappa shape index (κ1) is 17.4. The van der Waals surface area contributed by atoms with E-state index >= 15 is 0 Å². The highest BCUT2D eigenvalue weighted by molar-refractivity contribution is 5.99. The normalized spacial score (nSPS) is 11.6. The summed E-state index contributed by atoms with van der Waals surface area (Å²) in [5.41, 5.74) is 1.73. The third kappa shape index (κ3) is 4.57. The Kier molecular flexibility index (Phi) is 5.43. The van der Waals surface area contributed by atoms with Gasteiger partial charge in [-0.3, -0.25) is 9.59 Å². The van der Waals surface area contributed by atoms with Gasteiger partial charge in [0.25, 0.3) is 5.91 Å². The highest BCUT2D eigenvalue weighted by Gasteiger charge is 2.23. The van der Waals surface area contributed by atoms with Crippen molar-refractivity contribution in [3.05, 3.63) is 83.9 Å². The van der Waals surface area contributed by atoms with Gasteiger partial charge in [0.2, 0.25) is 5.91 Å². The SMILES string of the molecule is Cc1cccc(NC(=O)C(Cc2ccccc2)NC(=O)c2ccco2)n1. The summed E-state index contributed by atoms with van der Waals surface area (Å²) in [5, 5.41) is 5.49. The van der Waals surface area contributed by atoms with Gasteiger partial charge in [-0.1, -0.05) is 36.4 Å². The van der Waals surface area contributed by atoms with Gasteiger partial charge in [-0.05, 0) is 36.8 Å². The highest BCUT2D eigenvalue weighted by Crippen LogP contribution is 2.09. The summed E-state index contributed by atoms with van der Waals surface area (Å²) in [6, 6.07) is 17.3. The van der Waals surface area contributed by atoms with E-state index in [1.807, 2.05) is 49.4 Å². The quantitative estimate of drug-likeness (QED) is 0.716. The van der Waals surface area contributed by atoms with E-state index in [0.717, 1.165) is 11.3 Å². The minimum absolute atomic E-state index is 0.157. The van der Waals surface area contributed by atoms with Crippen molar-refractivity contribution in [3.63, 3.8) is 0 Å². The Bertz CT molecular complexity index is 876. The summed E-state index contributed by atoms with van der Waals surface area (Å²) < 4.78 is 5.10. The number of pyridine rings is 1.